The Morgan fingerprint density at radius 2 is 1.89 bits per heavy atom. The molecule has 9 nitrogen and oxygen atoms in total. The summed E-state index contributed by atoms with van der Waals surface area (Å²) in [6.45, 7) is 3.66. The number of hydrogen-bond donors (Lipinski definition) is 1. The third kappa shape index (κ3) is 4.71. The Bertz CT molecular complexity index is 1340. The normalized spacial score (nSPS) is 20.4. The summed E-state index contributed by atoms with van der Waals surface area (Å²) in [6, 6.07) is 10.7. The highest BCUT2D eigenvalue weighted by molar-refractivity contribution is 6.00. The Hall–Kier alpha value is -3.92. The number of aromatic nitrogens is 2. The highest BCUT2D eigenvalue weighted by Gasteiger charge is 2.44. The van der Waals surface area contributed by atoms with Gasteiger partial charge in [0.15, 0.2) is 0 Å². The molecule has 2 saturated heterocycles. The lowest BCUT2D eigenvalue weighted by Crippen LogP contribution is -2.58. The molecule has 3 aromatic rings. The summed E-state index contributed by atoms with van der Waals surface area (Å²) in [6.07, 6.45) is 5.87. The molecular formula is C28H30FN5O4. The predicted molar refractivity (Wildman–Crippen MR) is 139 cm³/mol. The van der Waals surface area contributed by atoms with Crippen LogP contribution in [0.3, 0.4) is 0 Å². The van der Waals surface area contributed by atoms with Crippen LogP contribution in [0, 0.1) is 11.2 Å². The molecule has 0 aliphatic carbocycles. The molecule has 1 N–H and O–H groups in total. The van der Waals surface area contributed by atoms with Crippen LogP contribution in [-0.2, 0) is 16.0 Å². The molecule has 2 fully saturated rings. The Labute approximate surface area is 220 Å². The highest BCUT2D eigenvalue weighted by Crippen LogP contribution is 2.44. The van der Waals surface area contributed by atoms with E-state index in [1.165, 1.54) is 17.0 Å². The van der Waals surface area contributed by atoms with Crippen molar-refractivity contribution in [3.05, 3.63) is 71.8 Å². The summed E-state index contributed by atoms with van der Waals surface area (Å²) in [5, 5.41) is 6.88. The Balaban J connectivity index is 1.10. The van der Waals surface area contributed by atoms with E-state index in [2.05, 4.69) is 15.3 Å². The molecule has 3 aliphatic heterocycles. The summed E-state index contributed by atoms with van der Waals surface area (Å²) in [5.41, 5.74) is 3.77. The number of anilines is 2. The molecule has 2 aromatic carbocycles. The fourth-order valence-corrected chi connectivity index (χ4v) is 5.47. The molecule has 10 heteroatoms. The fraction of sp³-hybridized carbons (Fsp3) is 0.393. The number of halogens is 1. The third-order valence-corrected chi connectivity index (χ3v) is 7.77. The van der Waals surface area contributed by atoms with Crippen molar-refractivity contribution in [3.8, 4) is 5.75 Å². The van der Waals surface area contributed by atoms with Crippen LogP contribution in [0.4, 0.5) is 20.6 Å². The molecule has 198 valence electrons. The van der Waals surface area contributed by atoms with Gasteiger partial charge < -0.3 is 24.6 Å². The predicted octanol–water partition coefficient (Wildman–Crippen LogP) is 3.21. The number of ether oxygens (including phenoxy) is 2. The van der Waals surface area contributed by atoms with Crippen molar-refractivity contribution in [1.82, 2.24) is 15.1 Å². The minimum absolute atomic E-state index is 0.0103. The Morgan fingerprint density at radius 3 is 2.66 bits per heavy atom. The molecule has 4 heterocycles. The van der Waals surface area contributed by atoms with Crippen LogP contribution in [0.25, 0.3) is 0 Å². The number of nitrogens with one attached hydrogen (secondary N) is 1. The number of rotatable bonds is 4. The number of hydrogen-bond acceptors (Lipinski definition) is 6. The molecule has 1 spiro atoms. The molecule has 3 aliphatic rings. The maximum absolute atomic E-state index is 13.2. The van der Waals surface area contributed by atoms with Crippen LogP contribution in [0.15, 0.2) is 54.9 Å². The van der Waals surface area contributed by atoms with Crippen molar-refractivity contribution in [1.29, 1.82) is 0 Å². The zero-order valence-electron chi connectivity index (χ0n) is 21.2. The minimum atomic E-state index is -0.873. The van der Waals surface area contributed by atoms with Gasteiger partial charge in [0.25, 0.3) is 5.91 Å². The number of carbonyl (C=O) groups is 2. The largest absolute Gasteiger partial charge is 0.489 e. The zero-order chi connectivity index (χ0) is 26.3. The molecule has 0 radical (unpaired) electrons. The summed E-state index contributed by atoms with van der Waals surface area (Å²) in [4.78, 5) is 29.9. The SMILES string of the molecule is CN1C(=O)[C@@H](NC(=O)n2cc(Cc3ccc(F)cc3)cn2)COc2cc(N3CC4(CCOCC4)C3)ccc21. The van der Waals surface area contributed by atoms with Crippen molar-refractivity contribution >= 4 is 23.3 Å². The van der Waals surface area contributed by atoms with Crippen LogP contribution in [-0.4, -0.2) is 67.7 Å². The topological polar surface area (TPSA) is 88.9 Å². The van der Waals surface area contributed by atoms with Gasteiger partial charge in [-0.25, -0.2) is 9.18 Å². The number of carbonyl (C=O) groups excluding carboxylic acids is 2. The lowest BCUT2D eigenvalue weighted by molar-refractivity contribution is -0.120. The second-order valence-electron chi connectivity index (χ2n) is 10.4. The summed E-state index contributed by atoms with van der Waals surface area (Å²) in [7, 11) is 1.68. The van der Waals surface area contributed by atoms with E-state index in [0.717, 1.165) is 60.6 Å². The molecule has 2 amide bonds. The van der Waals surface area contributed by atoms with E-state index in [1.807, 2.05) is 18.2 Å². The number of amides is 2. The van der Waals surface area contributed by atoms with E-state index in [0.29, 0.717) is 23.3 Å². The summed E-state index contributed by atoms with van der Waals surface area (Å²) < 4.78 is 25.9. The summed E-state index contributed by atoms with van der Waals surface area (Å²) in [5.74, 6) is 0.0451. The van der Waals surface area contributed by atoms with Gasteiger partial charge in [0.05, 0.1) is 11.9 Å². The second kappa shape index (κ2) is 9.75. The van der Waals surface area contributed by atoms with E-state index >= 15 is 0 Å². The number of nitrogens with zero attached hydrogens (tertiary/aromatic N) is 4. The maximum atomic E-state index is 13.2. The van der Waals surface area contributed by atoms with Crippen LogP contribution in [0.1, 0.15) is 24.0 Å². The molecule has 0 unspecified atom stereocenters. The monoisotopic (exact) mass is 519 g/mol. The van der Waals surface area contributed by atoms with Gasteiger partial charge in [-0.15, -0.1) is 0 Å². The van der Waals surface area contributed by atoms with Crippen LogP contribution in [0.2, 0.25) is 0 Å². The molecule has 1 atom stereocenters. The molecule has 0 bridgehead atoms. The lowest BCUT2D eigenvalue weighted by Gasteiger charge is -2.53. The smallest absolute Gasteiger partial charge is 0.342 e. The first-order chi connectivity index (χ1) is 18.4. The van der Waals surface area contributed by atoms with Crippen molar-refractivity contribution < 1.29 is 23.5 Å². The van der Waals surface area contributed by atoms with Gasteiger partial charge >= 0.3 is 6.03 Å². The van der Waals surface area contributed by atoms with Gasteiger partial charge in [-0.2, -0.15) is 9.78 Å². The standard InChI is InChI=1S/C28H30FN5O4/c1-32-24-7-6-22(33-17-28(18-33)8-10-37-11-9-28)13-25(24)38-16-23(26(32)35)31-27(36)34-15-20(14-30-34)12-19-2-4-21(29)5-3-19/h2-7,13-15,23H,8-12,16-18H2,1H3,(H,31,36)/t23-/m0/s1. The first-order valence-corrected chi connectivity index (χ1v) is 12.9. The second-order valence-corrected chi connectivity index (χ2v) is 10.4. The molecule has 6 rings (SSSR count). The highest BCUT2D eigenvalue weighted by atomic mass is 19.1. The van der Waals surface area contributed by atoms with E-state index in [-0.39, 0.29) is 18.3 Å². The van der Waals surface area contributed by atoms with Crippen molar-refractivity contribution in [2.24, 2.45) is 5.41 Å². The third-order valence-electron chi connectivity index (χ3n) is 7.77. The van der Waals surface area contributed by atoms with E-state index in [1.54, 1.807) is 31.6 Å². The summed E-state index contributed by atoms with van der Waals surface area (Å²) >= 11 is 0. The molecule has 38 heavy (non-hydrogen) atoms. The fourth-order valence-electron chi connectivity index (χ4n) is 5.47. The van der Waals surface area contributed by atoms with Gasteiger partial charge in [-0.05, 0) is 48.2 Å². The Morgan fingerprint density at radius 1 is 1.13 bits per heavy atom. The van der Waals surface area contributed by atoms with E-state index in [9.17, 15) is 14.0 Å². The average molecular weight is 520 g/mol. The maximum Gasteiger partial charge on any atom is 0.342 e. The average Bonchev–Trinajstić information content (AvgIpc) is 3.35. The molecule has 0 saturated carbocycles. The van der Waals surface area contributed by atoms with Crippen molar-refractivity contribution in [3.63, 3.8) is 0 Å². The van der Waals surface area contributed by atoms with Crippen LogP contribution >= 0.6 is 0 Å². The first kappa shape index (κ1) is 24.4. The van der Waals surface area contributed by atoms with Gasteiger partial charge in [0.1, 0.15) is 24.2 Å². The number of likely N-dealkylation sites (N-methyl/N-ethyl adjacent to an activating group) is 1. The molecular weight excluding hydrogens is 489 g/mol. The van der Waals surface area contributed by atoms with Gasteiger partial charge in [0, 0.05) is 63.1 Å². The van der Waals surface area contributed by atoms with Crippen LogP contribution in [0.5, 0.6) is 5.75 Å². The number of fused-ring (bicyclic) bond motifs is 1. The van der Waals surface area contributed by atoms with Crippen molar-refractivity contribution in [2.75, 3.05) is 49.8 Å². The zero-order valence-corrected chi connectivity index (χ0v) is 21.2. The lowest BCUT2D eigenvalue weighted by atomic mass is 9.73. The number of benzene rings is 2. The quantitative estimate of drug-likeness (QED) is 0.570. The Kier molecular flexibility index (Phi) is 6.27. The van der Waals surface area contributed by atoms with E-state index in [4.69, 9.17) is 9.47 Å². The van der Waals surface area contributed by atoms with Gasteiger partial charge in [-0.1, -0.05) is 12.1 Å². The van der Waals surface area contributed by atoms with Gasteiger partial charge in [0.2, 0.25) is 0 Å². The van der Waals surface area contributed by atoms with E-state index < -0.39 is 12.1 Å². The van der Waals surface area contributed by atoms with Crippen LogP contribution < -0.4 is 19.9 Å². The molecule has 1 aromatic heterocycles. The van der Waals surface area contributed by atoms with Crippen molar-refractivity contribution in [2.45, 2.75) is 25.3 Å². The first-order valence-electron chi connectivity index (χ1n) is 12.9. The van der Waals surface area contributed by atoms with Gasteiger partial charge in [-0.3, -0.25) is 4.79 Å². The minimum Gasteiger partial charge on any atom is -0.489 e.